The summed E-state index contributed by atoms with van der Waals surface area (Å²) in [4.78, 5) is 10.6. The minimum Gasteiger partial charge on any atom is -0.478 e. The van der Waals surface area contributed by atoms with E-state index in [1.807, 2.05) is 0 Å². The lowest BCUT2D eigenvalue weighted by atomic mass is 10.1. The van der Waals surface area contributed by atoms with Gasteiger partial charge in [-0.05, 0) is 18.6 Å². The van der Waals surface area contributed by atoms with Crippen LogP contribution in [0.3, 0.4) is 0 Å². The molecule has 1 aliphatic rings. The van der Waals surface area contributed by atoms with Gasteiger partial charge in [0.05, 0.1) is 12.2 Å². The van der Waals surface area contributed by atoms with Gasteiger partial charge in [0.25, 0.3) is 0 Å². The molecule has 2 N–H and O–H groups in total. The zero-order valence-corrected chi connectivity index (χ0v) is 9.58. The molecule has 0 aliphatic carbocycles. The molecule has 1 atom stereocenters. The highest BCUT2D eigenvalue weighted by atomic mass is 19.1. The largest absolute Gasteiger partial charge is 0.478 e. The van der Waals surface area contributed by atoms with Gasteiger partial charge in [0.15, 0.2) is 0 Å². The lowest BCUT2D eigenvalue weighted by Crippen LogP contribution is -2.16. The maximum atomic E-state index is 13.5. The molecule has 0 spiro atoms. The summed E-state index contributed by atoms with van der Waals surface area (Å²) in [5.74, 6) is -2.93. The number of carboxylic acid groups (broad SMARTS) is 1. The Morgan fingerprint density at radius 1 is 1.44 bits per heavy atom. The normalized spacial score (nSPS) is 18.9. The molecular weight excluding hydrogens is 244 g/mol. The molecule has 1 saturated heterocycles. The molecule has 0 aromatic heterocycles. The number of nitrogens with one attached hydrogen (secondary N) is 1. The van der Waals surface area contributed by atoms with Crippen molar-refractivity contribution in [1.29, 1.82) is 0 Å². The highest BCUT2D eigenvalue weighted by molar-refractivity contribution is 5.88. The highest BCUT2D eigenvalue weighted by Crippen LogP contribution is 2.22. The summed E-state index contributed by atoms with van der Waals surface area (Å²) >= 11 is 0. The summed E-state index contributed by atoms with van der Waals surface area (Å²) in [5.41, 5.74) is -0.688. The molecule has 0 bridgehead atoms. The number of rotatable bonds is 4. The number of anilines is 1. The first-order valence-corrected chi connectivity index (χ1v) is 5.62. The quantitative estimate of drug-likeness (QED) is 0.867. The number of ether oxygens (including phenoxy) is 1. The van der Waals surface area contributed by atoms with E-state index in [9.17, 15) is 13.6 Å². The number of carboxylic acids is 1. The van der Waals surface area contributed by atoms with Crippen molar-refractivity contribution in [2.24, 2.45) is 5.92 Å². The van der Waals surface area contributed by atoms with E-state index < -0.39 is 23.2 Å². The van der Waals surface area contributed by atoms with Gasteiger partial charge >= 0.3 is 5.97 Å². The average Bonchev–Trinajstić information content (AvgIpc) is 2.80. The molecule has 0 radical (unpaired) electrons. The molecule has 6 heteroatoms. The number of benzene rings is 1. The van der Waals surface area contributed by atoms with Gasteiger partial charge in [0, 0.05) is 19.1 Å². The zero-order valence-electron chi connectivity index (χ0n) is 9.58. The van der Waals surface area contributed by atoms with Crippen molar-refractivity contribution in [3.05, 3.63) is 29.3 Å². The molecular formula is C12H13F2NO3. The van der Waals surface area contributed by atoms with Crippen LogP contribution in [0.4, 0.5) is 14.5 Å². The van der Waals surface area contributed by atoms with E-state index in [0.29, 0.717) is 19.8 Å². The van der Waals surface area contributed by atoms with Gasteiger partial charge in [-0.1, -0.05) is 0 Å². The summed E-state index contributed by atoms with van der Waals surface area (Å²) in [6.45, 7) is 1.64. The molecule has 1 fully saturated rings. The molecule has 4 nitrogen and oxygen atoms in total. The number of aromatic carboxylic acids is 1. The Balaban J connectivity index is 2.10. The first kappa shape index (κ1) is 12.8. The van der Waals surface area contributed by atoms with E-state index >= 15 is 0 Å². The van der Waals surface area contributed by atoms with Gasteiger partial charge in [-0.25, -0.2) is 13.6 Å². The molecule has 18 heavy (non-hydrogen) atoms. The van der Waals surface area contributed by atoms with Gasteiger partial charge in [-0.2, -0.15) is 0 Å². The van der Waals surface area contributed by atoms with Crippen LogP contribution in [0.15, 0.2) is 12.1 Å². The second-order valence-corrected chi connectivity index (χ2v) is 4.23. The summed E-state index contributed by atoms with van der Waals surface area (Å²) < 4.78 is 32.2. The molecule has 1 heterocycles. The molecule has 2 rings (SSSR count). The van der Waals surface area contributed by atoms with E-state index in [1.54, 1.807) is 0 Å². The third kappa shape index (κ3) is 2.76. The van der Waals surface area contributed by atoms with E-state index in [-0.39, 0.29) is 11.6 Å². The van der Waals surface area contributed by atoms with Crippen molar-refractivity contribution < 1.29 is 23.4 Å². The van der Waals surface area contributed by atoms with Crippen molar-refractivity contribution in [3.8, 4) is 0 Å². The van der Waals surface area contributed by atoms with Crippen LogP contribution in [-0.4, -0.2) is 30.8 Å². The Hall–Kier alpha value is -1.69. The number of halogens is 2. The second-order valence-electron chi connectivity index (χ2n) is 4.23. The Morgan fingerprint density at radius 3 is 2.61 bits per heavy atom. The van der Waals surface area contributed by atoms with Crippen LogP contribution in [0.2, 0.25) is 0 Å². The minimum absolute atomic E-state index is 0.225. The Bertz CT molecular complexity index is 436. The van der Waals surface area contributed by atoms with Crippen molar-refractivity contribution in [1.82, 2.24) is 0 Å². The third-order valence-corrected chi connectivity index (χ3v) is 2.88. The summed E-state index contributed by atoms with van der Waals surface area (Å²) in [7, 11) is 0. The van der Waals surface area contributed by atoms with Gasteiger partial charge in [-0.15, -0.1) is 0 Å². The first-order chi connectivity index (χ1) is 8.58. The number of carbonyl (C=O) groups is 1. The number of hydrogen-bond acceptors (Lipinski definition) is 3. The minimum atomic E-state index is -1.36. The van der Waals surface area contributed by atoms with Gasteiger partial charge in [-0.3, -0.25) is 0 Å². The van der Waals surface area contributed by atoms with Crippen LogP contribution in [0, 0.1) is 17.6 Å². The fourth-order valence-electron chi connectivity index (χ4n) is 1.86. The predicted molar refractivity (Wildman–Crippen MR) is 60.7 cm³/mol. The lowest BCUT2D eigenvalue weighted by Gasteiger charge is -2.12. The fraction of sp³-hybridized carbons (Fsp3) is 0.417. The van der Waals surface area contributed by atoms with Gasteiger partial charge < -0.3 is 15.2 Å². The average molecular weight is 257 g/mol. The molecule has 0 saturated carbocycles. The third-order valence-electron chi connectivity index (χ3n) is 2.88. The van der Waals surface area contributed by atoms with Crippen molar-refractivity contribution in [3.63, 3.8) is 0 Å². The van der Waals surface area contributed by atoms with E-state index in [2.05, 4.69) is 5.32 Å². The smallest absolute Gasteiger partial charge is 0.335 e. The van der Waals surface area contributed by atoms with Crippen LogP contribution >= 0.6 is 0 Å². The lowest BCUT2D eigenvalue weighted by molar-refractivity contribution is 0.0696. The molecule has 0 amide bonds. The Labute approximate surface area is 103 Å². The topological polar surface area (TPSA) is 58.6 Å². The van der Waals surface area contributed by atoms with Crippen LogP contribution in [-0.2, 0) is 4.74 Å². The predicted octanol–water partition coefficient (Wildman–Crippen LogP) is 2.11. The maximum absolute atomic E-state index is 13.5. The standard InChI is InChI=1S/C12H13F2NO3/c13-9-3-8(12(16)17)4-10(14)11(9)15-5-7-1-2-18-6-7/h3-4,7,15H,1-2,5-6H2,(H,16,17). The van der Waals surface area contributed by atoms with Crippen molar-refractivity contribution in [2.45, 2.75) is 6.42 Å². The number of hydrogen-bond donors (Lipinski definition) is 2. The van der Waals surface area contributed by atoms with Crippen LogP contribution in [0.5, 0.6) is 0 Å². The molecule has 1 aromatic rings. The van der Waals surface area contributed by atoms with Gasteiger partial charge in [0.2, 0.25) is 0 Å². The fourth-order valence-corrected chi connectivity index (χ4v) is 1.86. The summed E-state index contributed by atoms with van der Waals surface area (Å²) in [6, 6.07) is 1.61. The second kappa shape index (κ2) is 5.30. The van der Waals surface area contributed by atoms with Crippen LogP contribution in [0.25, 0.3) is 0 Å². The molecule has 1 unspecified atom stereocenters. The zero-order chi connectivity index (χ0) is 13.1. The van der Waals surface area contributed by atoms with Crippen molar-refractivity contribution in [2.75, 3.05) is 25.1 Å². The monoisotopic (exact) mass is 257 g/mol. The Kier molecular flexibility index (Phi) is 3.76. The van der Waals surface area contributed by atoms with Gasteiger partial charge in [0.1, 0.15) is 17.3 Å². The summed E-state index contributed by atoms with van der Waals surface area (Å²) in [6.07, 6.45) is 0.851. The highest BCUT2D eigenvalue weighted by Gasteiger charge is 2.18. The van der Waals surface area contributed by atoms with E-state index in [1.165, 1.54) is 0 Å². The Morgan fingerprint density at radius 2 is 2.11 bits per heavy atom. The maximum Gasteiger partial charge on any atom is 0.335 e. The van der Waals surface area contributed by atoms with E-state index in [4.69, 9.17) is 9.84 Å². The molecule has 1 aromatic carbocycles. The van der Waals surface area contributed by atoms with E-state index in [0.717, 1.165) is 18.6 Å². The van der Waals surface area contributed by atoms with Crippen LogP contribution < -0.4 is 5.32 Å². The SMILES string of the molecule is O=C(O)c1cc(F)c(NCC2CCOC2)c(F)c1. The van der Waals surface area contributed by atoms with Crippen molar-refractivity contribution >= 4 is 11.7 Å². The first-order valence-electron chi connectivity index (χ1n) is 5.62. The van der Waals surface area contributed by atoms with Crippen LogP contribution in [0.1, 0.15) is 16.8 Å². The molecule has 1 aliphatic heterocycles. The molecule has 98 valence electrons. The summed E-state index contributed by atoms with van der Waals surface area (Å²) in [5, 5.41) is 11.3.